The van der Waals surface area contributed by atoms with Crippen LogP contribution in [0, 0.1) is 0 Å². The number of guanidine groups is 1. The van der Waals surface area contributed by atoms with Crippen LogP contribution in [0.25, 0.3) is 0 Å². The average Bonchev–Trinajstić information content (AvgIpc) is 2.68. The maximum atomic E-state index is 11.3. The second kappa shape index (κ2) is 10.7. The number of nitrogens with one attached hydrogen (secondary N) is 2. The molecule has 0 bridgehead atoms. The number of ether oxygens (including phenoxy) is 1. The van der Waals surface area contributed by atoms with Crippen LogP contribution in [0.2, 0.25) is 0 Å². The summed E-state index contributed by atoms with van der Waals surface area (Å²) in [7, 11) is -1.26. The lowest BCUT2D eigenvalue weighted by molar-refractivity contribution is 0.306. The van der Waals surface area contributed by atoms with Crippen LogP contribution in [0.3, 0.4) is 0 Å². The third-order valence-electron chi connectivity index (χ3n) is 4.13. The van der Waals surface area contributed by atoms with Crippen LogP contribution < -0.4 is 15.4 Å². The molecule has 2 N–H and O–H groups in total. The molecule has 0 aliphatic carbocycles. The first-order valence-corrected chi connectivity index (χ1v) is 11.3. The number of aliphatic imine (C=N–C) groups is 1. The molecule has 0 amide bonds. The first kappa shape index (κ1) is 21.8. The van der Waals surface area contributed by atoms with Crippen LogP contribution in [0.1, 0.15) is 24.5 Å². The third-order valence-corrected chi connectivity index (χ3v) is 5.11. The molecule has 28 heavy (non-hydrogen) atoms. The molecule has 0 heterocycles. The first-order valence-electron chi connectivity index (χ1n) is 9.26. The molecular weight excluding hydrogens is 374 g/mol. The lowest BCUT2D eigenvalue weighted by Crippen LogP contribution is -2.42. The molecule has 2 aromatic carbocycles. The molecule has 0 radical (unpaired) electrons. The van der Waals surface area contributed by atoms with Gasteiger partial charge in [0.25, 0.3) is 0 Å². The van der Waals surface area contributed by atoms with E-state index in [9.17, 15) is 8.42 Å². The van der Waals surface area contributed by atoms with E-state index in [2.05, 4.69) is 21.7 Å². The van der Waals surface area contributed by atoms with Crippen molar-refractivity contribution in [3.05, 3.63) is 65.7 Å². The van der Waals surface area contributed by atoms with Crippen molar-refractivity contribution in [3.8, 4) is 5.75 Å². The van der Waals surface area contributed by atoms with Gasteiger partial charge in [-0.3, -0.25) is 4.99 Å². The maximum absolute atomic E-state index is 11.3. The van der Waals surface area contributed by atoms with E-state index in [1.165, 1.54) is 6.26 Å². The summed E-state index contributed by atoms with van der Waals surface area (Å²) < 4.78 is 28.4. The average molecular weight is 404 g/mol. The zero-order valence-electron chi connectivity index (χ0n) is 16.7. The number of nitrogens with zero attached hydrogens (tertiary/aromatic N) is 1. The van der Waals surface area contributed by atoms with Gasteiger partial charge in [0.1, 0.15) is 22.2 Å². The molecule has 0 aliphatic heterocycles. The number of hydrogen-bond acceptors (Lipinski definition) is 4. The Bertz CT molecular complexity index is 867. The van der Waals surface area contributed by atoms with Crippen molar-refractivity contribution >= 4 is 15.8 Å². The molecule has 1 atom stereocenters. The fourth-order valence-electron chi connectivity index (χ4n) is 2.59. The van der Waals surface area contributed by atoms with Gasteiger partial charge in [-0.15, -0.1) is 0 Å². The summed E-state index contributed by atoms with van der Waals surface area (Å²) in [5.41, 5.74) is 2.20. The number of benzene rings is 2. The molecule has 152 valence electrons. The number of hydrogen-bond donors (Lipinski definition) is 2. The Labute approximate surface area is 168 Å². The minimum atomic E-state index is -2.96. The van der Waals surface area contributed by atoms with E-state index in [1.807, 2.05) is 55.5 Å². The van der Waals surface area contributed by atoms with Crippen LogP contribution in [-0.4, -0.2) is 39.5 Å². The zero-order chi connectivity index (χ0) is 20.4. The van der Waals surface area contributed by atoms with Crippen molar-refractivity contribution in [2.24, 2.45) is 4.99 Å². The van der Waals surface area contributed by atoms with E-state index < -0.39 is 9.84 Å². The second-order valence-electron chi connectivity index (χ2n) is 6.81. The summed E-state index contributed by atoms with van der Waals surface area (Å²) in [4.78, 5) is 4.21. The minimum Gasteiger partial charge on any atom is -0.489 e. The summed E-state index contributed by atoms with van der Waals surface area (Å²) in [5, 5.41) is 6.48. The molecule has 0 saturated carbocycles. The van der Waals surface area contributed by atoms with Gasteiger partial charge in [0.15, 0.2) is 5.96 Å². The SMILES string of the molecule is CN=C(NCc1cccc(COc2ccccc2)c1)NC(C)CCS(C)(=O)=O. The fourth-order valence-corrected chi connectivity index (χ4v) is 3.37. The fraction of sp³-hybridized carbons (Fsp3) is 0.381. The van der Waals surface area contributed by atoms with Gasteiger partial charge in [-0.2, -0.15) is 0 Å². The topological polar surface area (TPSA) is 79.8 Å². The van der Waals surface area contributed by atoms with Crippen LogP contribution in [0.4, 0.5) is 0 Å². The van der Waals surface area contributed by atoms with Crippen molar-refractivity contribution < 1.29 is 13.2 Å². The van der Waals surface area contributed by atoms with Gasteiger partial charge in [0.05, 0.1) is 5.75 Å². The largest absolute Gasteiger partial charge is 0.489 e. The van der Waals surface area contributed by atoms with E-state index in [0.717, 1.165) is 16.9 Å². The van der Waals surface area contributed by atoms with E-state index in [0.29, 0.717) is 25.5 Å². The zero-order valence-corrected chi connectivity index (χ0v) is 17.5. The van der Waals surface area contributed by atoms with Gasteiger partial charge in [-0.25, -0.2) is 8.42 Å². The Kier molecular flexibility index (Phi) is 8.32. The van der Waals surface area contributed by atoms with Crippen LogP contribution >= 0.6 is 0 Å². The molecule has 2 aromatic rings. The highest BCUT2D eigenvalue weighted by molar-refractivity contribution is 7.90. The molecule has 0 spiro atoms. The van der Waals surface area contributed by atoms with Crippen LogP contribution in [-0.2, 0) is 23.0 Å². The van der Waals surface area contributed by atoms with Crippen molar-refractivity contribution in [3.63, 3.8) is 0 Å². The lowest BCUT2D eigenvalue weighted by Gasteiger charge is -2.18. The van der Waals surface area contributed by atoms with E-state index in [1.54, 1.807) is 7.05 Å². The van der Waals surface area contributed by atoms with E-state index >= 15 is 0 Å². The molecule has 7 heteroatoms. The number of para-hydroxylation sites is 1. The lowest BCUT2D eigenvalue weighted by atomic mass is 10.1. The molecule has 0 fully saturated rings. The van der Waals surface area contributed by atoms with Gasteiger partial charge >= 0.3 is 0 Å². The predicted molar refractivity (Wildman–Crippen MR) is 114 cm³/mol. The Morgan fingerprint density at radius 3 is 2.50 bits per heavy atom. The van der Waals surface area contributed by atoms with Crippen molar-refractivity contribution in [2.75, 3.05) is 19.1 Å². The smallest absolute Gasteiger partial charge is 0.191 e. The number of rotatable bonds is 9. The molecule has 0 saturated heterocycles. The molecule has 1 unspecified atom stereocenters. The Hall–Kier alpha value is -2.54. The minimum absolute atomic E-state index is 0.00605. The summed E-state index contributed by atoms with van der Waals surface area (Å²) in [5.74, 6) is 1.65. The highest BCUT2D eigenvalue weighted by atomic mass is 32.2. The first-order chi connectivity index (χ1) is 13.4. The van der Waals surface area contributed by atoms with Crippen LogP contribution in [0.5, 0.6) is 5.75 Å². The monoisotopic (exact) mass is 403 g/mol. The van der Waals surface area contributed by atoms with Gasteiger partial charge in [-0.05, 0) is 36.6 Å². The molecule has 2 rings (SSSR count). The van der Waals surface area contributed by atoms with Gasteiger partial charge < -0.3 is 15.4 Å². The Morgan fingerprint density at radius 2 is 1.82 bits per heavy atom. The third kappa shape index (κ3) is 8.43. The standard InChI is InChI=1S/C21H29N3O3S/c1-17(12-13-28(3,25)26)24-21(22-2)23-15-18-8-7-9-19(14-18)16-27-20-10-5-4-6-11-20/h4-11,14,17H,12-13,15-16H2,1-3H3,(H2,22,23,24). The summed E-state index contributed by atoms with van der Waals surface area (Å²) in [6.45, 7) is 3.06. The molecule has 0 aliphatic rings. The summed E-state index contributed by atoms with van der Waals surface area (Å²) in [6, 6.07) is 17.9. The second-order valence-corrected chi connectivity index (χ2v) is 9.07. The van der Waals surface area contributed by atoms with Crippen molar-refractivity contribution in [1.82, 2.24) is 10.6 Å². The van der Waals surface area contributed by atoms with Crippen molar-refractivity contribution in [1.29, 1.82) is 0 Å². The summed E-state index contributed by atoms with van der Waals surface area (Å²) in [6.07, 6.45) is 1.78. The quantitative estimate of drug-likeness (QED) is 0.497. The maximum Gasteiger partial charge on any atom is 0.191 e. The van der Waals surface area contributed by atoms with Crippen LogP contribution in [0.15, 0.2) is 59.6 Å². The Morgan fingerprint density at radius 1 is 1.11 bits per heavy atom. The highest BCUT2D eigenvalue weighted by Crippen LogP contribution is 2.12. The van der Waals surface area contributed by atoms with Gasteiger partial charge in [-0.1, -0.05) is 42.5 Å². The summed E-state index contributed by atoms with van der Waals surface area (Å²) >= 11 is 0. The predicted octanol–water partition coefficient (Wildman–Crippen LogP) is 2.75. The van der Waals surface area contributed by atoms with E-state index in [4.69, 9.17) is 4.74 Å². The normalized spacial score (nSPS) is 13.0. The molecular formula is C21H29N3O3S. The Balaban J connectivity index is 1.83. The number of sulfone groups is 1. The van der Waals surface area contributed by atoms with Gasteiger partial charge in [0, 0.05) is 25.9 Å². The highest BCUT2D eigenvalue weighted by Gasteiger charge is 2.09. The molecule has 6 nitrogen and oxygen atoms in total. The van der Waals surface area contributed by atoms with Crippen molar-refractivity contribution in [2.45, 2.75) is 32.5 Å². The molecule has 0 aromatic heterocycles. The van der Waals surface area contributed by atoms with Gasteiger partial charge in [0.2, 0.25) is 0 Å². The van der Waals surface area contributed by atoms with E-state index in [-0.39, 0.29) is 11.8 Å².